The molecule has 10 nitrogen and oxygen atoms in total. The molecule has 0 spiro atoms. The molecule has 290 valence electrons. The maximum Gasteiger partial charge on any atom is 0.471 e. The second-order valence-corrected chi connectivity index (χ2v) is 15.2. The molecule has 0 radical (unpaired) electrons. The van der Waals surface area contributed by atoms with Gasteiger partial charge in [0.2, 0.25) is 5.91 Å². The zero-order chi connectivity index (χ0) is 38.6. The summed E-state index contributed by atoms with van der Waals surface area (Å²) in [6.45, 7) is 6.76. The summed E-state index contributed by atoms with van der Waals surface area (Å²) in [4.78, 5) is 40.6. The van der Waals surface area contributed by atoms with E-state index in [0.29, 0.717) is 24.3 Å². The third kappa shape index (κ3) is 9.67. The van der Waals surface area contributed by atoms with Crippen LogP contribution in [0.4, 0.5) is 13.2 Å². The maximum atomic E-state index is 13.1. The average Bonchev–Trinajstić information content (AvgIpc) is 3.83. The summed E-state index contributed by atoms with van der Waals surface area (Å²) >= 11 is 0. The number of rotatable bonds is 10. The van der Waals surface area contributed by atoms with Gasteiger partial charge in [0.15, 0.2) is 6.29 Å². The van der Waals surface area contributed by atoms with E-state index in [9.17, 15) is 32.7 Å². The summed E-state index contributed by atoms with van der Waals surface area (Å²) < 4.78 is 58.2. The van der Waals surface area contributed by atoms with E-state index in [1.165, 1.54) is 0 Å². The maximum absolute atomic E-state index is 13.1. The number of ether oxygens (including phenoxy) is 3. The number of nitrogens with zero attached hydrogens (tertiary/aromatic N) is 2. The molecular formula is C41H48F3N3O7. The van der Waals surface area contributed by atoms with Gasteiger partial charge in [-0.05, 0) is 92.9 Å². The molecular weight excluding hydrogens is 703 g/mol. The zero-order valence-electron chi connectivity index (χ0n) is 30.8. The molecule has 3 aromatic rings. The molecule has 0 aliphatic carbocycles. The van der Waals surface area contributed by atoms with Crippen LogP contribution in [0, 0.1) is 0 Å². The van der Waals surface area contributed by atoms with Crippen molar-refractivity contribution in [1.29, 1.82) is 0 Å². The largest absolute Gasteiger partial charge is 0.471 e. The highest BCUT2D eigenvalue weighted by Gasteiger charge is 2.47. The fourth-order valence-electron chi connectivity index (χ4n) is 7.45. The van der Waals surface area contributed by atoms with E-state index in [1.807, 2.05) is 93.6 Å². The predicted octanol–water partition coefficient (Wildman–Crippen LogP) is 6.37. The van der Waals surface area contributed by atoms with Crippen molar-refractivity contribution in [2.45, 2.75) is 108 Å². The number of hydrogen-bond donors (Lipinski definition) is 2. The summed E-state index contributed by atoms with van der Waals surface area (Å²) in [6, 6.07) is 21.4. The highest BCUT2D eigenvalue weighted by molar-refractivity contribution is 5.90. The second kappa shape index (κ2) is 16.6. The second-order valence-electron chi connectivity index (χ2n) is 15.2. The van der Waals surface area contributed by atoms with Gasteiger partial charge in [0.25, 0.3) is 0 Å². The number of hydrogen-bond acceptors (Lipinski definition) is 8. The highest BCUT2D eigenvalue weighted by Crippen LogP contribution is 2.40. The first-order chi connectivity index (χ1) is 25.7. The lowest BCUT2D eigenvalue weighted by molar-refractivity contribution is -0.253. The molecule has 0 bridgehead atoms. The van der Waals surface area contributed by atoms with Crippen molar-refractivity contribution >= 4 is 17.8 Å². The Morgan fingerprint density at radius 2 is 1.54 bits per heavy atom. The van der Waals surface area contributed by atoms with Gasteiger partial charge < -0.3 is 29.5 Å². The van der Waals surface area contributed by atoms with Gasteiger partial charge in [-0.1, -0.05) is 60.7 Å². The van der Waals surface area contributed by atoms with Gasteiger partial charge in [-0.3, -0.25) is 19.3 Å². The Kier molecular flexibility index (Phi) is 12.1. The van der Waals surface area contributed by atoms with Crippen molar-refractivity contribution < 1.29 is 46.9 Å². The lowest BCUT2D eigenvalue weighted by atomic mass is 9.98. The molecule has 13 heteroatoms. The van der Waals surface area contributed by atoms with Gasteiger partial charge in [-0.25, -0.2) is 0 Å². The molecule has 3 fully saturated rings. The van der Waals surface area contributed by atoms with Crippen molar-refractivity contribution in [3.8, 4) is 11.1 Å². The van der Waals surface area contributed by atoms with E-state index in [2.05, 4.69) is 10.2 Å². The Morgan fingerprint density at radius 3 is 2.24 bits per heavy atom. The zero-order valence-corrected chi connectivity index (χ0v) is 30.8. The molecule has 0 unspecified atom stereocenters. The molecule has 3 saturated heterocycles. The molecule has 3 aromatic carbocycles. The van der Waals surface area contributed by atoms with Crippen LogP contribution in [-0.2, 0) is 41.7 Å². The van der Waals surface area contributed by atoms with Gasteiger partial charge in [0, 0.05) is 31.6 Å². The minimum absolute atomic E-state index is 0.0658. The van der Waals surface area contributed by atoms with Crippen LogP contribution in [0.25, 0.3) is 11.1 Å². The van der Waals surface area contributed by atoms with E-state index < -0.39 is 35.9 Å². The van der Waals surface area contributed by atoms with Crippen LogP contribution in [0.2, 0.25) is 0 Å². The highest BCUT2D eigenvalue weighted by atomic mass is 19.4. The molecule has 6 rings (SSSR count). The number of benzene rings is 3. The number of aliphatic hydroxyl groups excluding tert-OH is 1. The first-order valence-corrected chi connectivity index (χ1v) is 18.5. The van der Waals surface area contributed by atoms with Crippen LogP contribution in [0.15, 0.2) is 72.8 Å². The van der Waals surface area contributed by atoms with Crippen molar-refractivity contribution in [3.63, 3.8) is 0 Å². The molecule has 3 aliphatic heterocycles. The Hall–Kier alpha value is -4.30. The molecule has 0 saturated carbocycles. The van der Waals surface area contributed by atoms with Crippen LogP contribution < -0.4 is 5.32 Å². The number of halogens is 3. The number of amides is 2. The van der Waals surface area contributed by atoms with Crippen molar-refractivity contribution in [2.24, 2.45) is 0 Å². The number of carbonyl (C=O) groups is 3. The first kappa shape index (κ1) is 39.4. The molecule has 54 heavy (non-hydrogen) atoms. The van der Waals surface area contributed by atoms with Crippen LogP contribution >= 0.6 is 0 Å². The van der Waals surface area contributed by atoms with Crippen LogP contribution in [0.5, 0.6) is 0 Å². The fraction of sp³-hybridized carbons (Fsp3) is 0.488. The van der Waals surface area contributed by atoms with E-state index in [4.69, 9.17) is 14.2 Å². The number of esters is 1. The molecule has 5 atom stereocenters. The molecule has 0 aromatic heterocycles. The normalized spacial score (nSPS) is 23.7. The van der Waals surface area contributed by atoms with Gasteiger partial charge >= 0.3 is 18.1 Å². The lowest BCUT2D eigenvalue weighted by Gasteiger charge is -2.38. The summed E-state index contributed by atoms with van der Waals surface area (Å²) in [6.07, 6.45) is -3.71. The van der Waals surface area contributed by atoms with E-state index >= 15 is 0 Å². The summed E-state index contributed by atoms with van der Waals surface area (Å²) in [5.74, 6) is -2.84. The van der Waals surface area contributed by atoms with Crippen molar-refractivity contribution in [1.82, 2.24) is 15.1 Å². The predicted molar refractivity (Wildman–Crippen MR) is 193 cm³/mol. The van der Waals surface area contributed by atoms with Gasteiger partial charge in [-0.2, -0.15) is 13.2 Å². The smallest absolute Gasteiger partial charge is 0.459 e. The molecule has 2 amide bonds. The van der Waals surface area contributed by atoms with Crippen molar-refractivity contribution in [3.05, 3.63) is 95.1 Å². The van der Waals surface area contributed by atoms with E-state index in [0.717, 1.165) is 52.8 Å². The third-order valence-corrected chi connectivity index (χ3v) is 10.0. The minimum atomic E-state index is -5.04. The standard InChI is InChI=1S/C41H48F3N3O7/c1-40(2,3)54-37(50)34-13-6-18-46(34)24-32-22-35(28-16-14-26(25-48)15-17-28)53-38(52-32)31-11-5-10-30(21-31)29-9-4-8-27(20-29)23-45-36(49)33-12-7-19-47(33)39(51)41(42,43)44/h4-5,8-11,14-17,20-21,32-35,38,48H,6-7,12-13,18-19,22-25H2,1-3H3,(H,45,49)/t32-,33+,34+,35+,38+/m1/s1. The van der Waals surface area contributed by atoms with Crippen LogP contribution in [0.1, 0.15) is 87.5 Å². The van der Waals surface area contributed by atoms with E-state index in [-0.39, 0.29) is 50.3 Å². The molecule has 3 aliphatic rings. The Morgan fingerprint density at radius 1 is 0.852 bits per heavy atom. The lowest BCUT2D eigenvalue weighted by Crippen LogP contribution is -2.50. The minimum Gasteiger partial charge on any atom is -0.459 e. The summed E-state index contributed by atoms with van der Waals surface area (Å²) in [5.41, 5.74) is 4.38. The Balaban J connectivity index is 1.18. The molecule has 2 N–H and O–H groups in total. The van der Waals surface area contributed by atoms with Gasteiger partial charge in [0.1, 0.15) is 17.7 Å². The van der Waals surface area contributed by atoms with Crippen LogP contribution in [-0.4, -0.2) is 82.3 Å². The monoisotopic (exact) mass is 751 g/mol. The summed E-state index contributed by atoms with van der Waals surface area (Å²) in [5, 5.41) is 12.3. The topological polar surface area (TPSA) is 118 Å². The number of likely N-dealkylation sites (tertiary alicyclic amines) is 2. The quantitative estimate of drug-likeness (QED) is 0.230. The number of aliphatic hydroxyl groups is 1. The third-order valence-electron chi connectivity index (χ3n) is 10.0. The Labute approximate surface area is 313 Å². The van der Waals surface area contributed by atoms with Gasteiger partial charge in [0.05, 0.1) is 18.8 Å². The Bertz CT molecular complexity index is 1800. The number of carbonyl (C=O) groups excluding carboxylic acids is 3. The fourth-order valence-corrected chi connectivity index (χ4v) is 7.45. The average molecular weight is 752 g/mol. The number of nitrogens with one attached hydrogen (secondary N) is 1. The van der Waals surface area contributed by atoms with Crippen molar-refractivity contribution in [2.75, 3.05) is 19.6 Å². The van der Waals surface area contributed by atoms with E-state index in [1.54, 1.807) is 0 Å². The first-order valence-electron chi connectivity index (χ1n) is 18.5. The summed E-state index contributed by atoms with van der Waals surface area (Å²) in [7, 11) is 0. The van der Waals surface area contributed by atoms with Gasteiger partial charge in [-0.15, -0.1) is 0 Å². The van der Waals surface area contributed by atoms with Crippen LogP contribution in [0.3, 0.4) is 0 Å². The number of alkyl halides is 3. The molecule has 3 heterocycles. The SMILES string of the molecule is CC(C)(C)OC(=O)[C@@H]1CCCN1C[C@H]1C[C@@H](c2ccc(CO)cc2)O[C@@H](c2cccc(-c3cccc(CNC(=O)[C@@H]4CCCN4C(=O)C(F)(F)F)c3)c2)O1.